The van der Waals surface area contributed by atoms with Crippen LogP contribution < -0.4 is 5.32 Å². The van der Waals surface area contributed by atoms with Gasteiger partial charge < -0.3 is 15.0 Å². The third-order valence-electron chi connectivity index (χ3n) is 4.09. The van der Waals surface area contributed by atoms with Crippen molar-refractivity contribution in [1.29, 1.82) is 0 Å². The summed E-state index contributed by atoms with van der Waals surface area (Å²) in [6.45, 7) is 1.34. The Balaban J connectivity index is 1.83. The number of hydrogen-bond acceptors (Lipinski definition) is 5. The number of nitrogens with zero attached hydrogens (tertiary/aromatic N) is 1. The molecule has 146 valence electrons. The minimum absolute atomic E-state index is 0.164. The number of hydrogen-bond donors (Lipinski definition) is 1. The lowest BCUT2D eigenvalue weighted by Crippen LogP contribution is -2.37. The summed E-state index contributed by atoms with van der Waals surface area (Å²) in [6, 6.07) is 13.3. The highest BCUT2D eigenvalue weighted by Gasteiger charge is 2.16. The molecule has 28 heavy (non-hydrogen) atoms. The van der Waals surface area contributed by atoms with E-state index in [-0.39, 0.29) is 18.0 Å². The first-order valence-corrected chi connectivity index (χ1v) is 8.78. The second kappa shape index (κ2) is 10.0. The number of anilines is 1. The van der Waals surface area contributed by atoms with Crippen molar-refractivity contribution in [2.24, 2.45) is 0 Å². The molecule has 0 atom stereocenters. The fourth-order valence-electron chi connectivity index (χ4n) is 2.46. The first-order chi connectivity index (χ1) is 13.4. The van der Waals surface area contributed by atoms with E-state index in [0.29, 0.717) is 17.5 Å². The van der Waals surface area contributed by atoms with Gasteiger partial charge in [0.1, 0.15) is 6.29 Å². The van der Waals surface area contributed by atoms with Gasteiger partial charge in [-0.1, -0.05) is 37.3 Å². The zero-order valence-corrected chi connectivity index (χ0v) is 15.8. The number of rotatable bonds is 8. The molecular formula is C21H22N2O5. The van der Waals surface area contributed by atoms with E-state index in [1.54, 1.807) is 6.07 Å². The average Bonchev–Trinajstić information content (AvgIpc) is 2.72. The number of aldehydes is 1. The molecule has 0 saturated heterocycles. The molecule has 2 aromatic carbocycles. The van der Waals surface area contributed by atoms with Crippen molar-refractivity contribution in [2.75, 3.05) is 25.5 Å². The Kier molecular flexibility index (Phi) is 7.45. The van der Waals surface area contributed by atoms with E-state index in [1.165, 1.54) is 36.2 Å². The minimum Gasteiger partial charge on any atom is -0.452 e. The highest BCUT2D eigenvalue weighted by Crippen LogP contribution is 2.15. The topological polar surface area (TPSA) is 92.8 Å². The highest BCUT2D eigenvalue weighted by atomic mass is 16.5. The predicted molar refractivity (Wildman–Crippen MR) is 104 cm³/mol. The fraction of sp³-hybridized carbons (Fsp3) is 0.238. The van der Waals surface area contributed by atoms with Crippen LogP contribution in [0, 0.1) is 0 Å². The minimum atomic E-state index is -0.680. The molecule has 0 heterocycles. The van der Waals surface area contributed by atoms with Gasteiger partial charge in [-0.15, -0.1) is 0 Å². The molecule has 1 N–H and O–H groups in total. The largest absolute Gasteiger partial charge is 0.452 e. The van der Waals surface area contributed by atoms with Gasteiger partial charge in [0.2, 0.25) is 5.91 Å². The Hall–Kier alpha value is -3.48. The number of amides is 2. The maximum atomic E-state index is 12.2. The summed E-state index contributed by atoms with van der Waals surface area (Å²) in [7, 11) is 1.46. The monoisotopic (exact) mass is 382 g/mol. The highest BCUT2D eigenvalue weighted by molar-refractivity contribution is 5.96. The standard InChI is InChI=1S/C21H22N2O5/c1-3-16-6-4-5-7-18(16)22-19(25)12-23(2)20(26)14-28-21(27)17-10-8-15(13-24)9-11-17/h4-11,13H,3,12,14H2,1-2H3,(H,22,25). The first-order valence-electron chi connectivity index (χ1n) is 8.78. The molecule has 0 aromatic heterocycles. The lowest BCUT2D eigenvalue weighted by molar-refractivity contribution is -0.136. The molecule has 7 nitrogen and oxygen atoms in total. The van der Waals surface area contributed by atoms with Crippen molar-refractivity contribution in [3.05, 3.63) is 65.2 Å². The van der Waals surface area contributed by atoms with Crippen LogP contribution in [0.2, 0.25) is 0 Å². The summed E-state index contributed by atoms with van der Waals surface area (Å²) in [5.41, 5.74) is 2.37. The molecule has 0 bridgehead atoms. The quantitative estimate of drug-likeness (QED) is 0.559. The van der Waals surface area contributed by atoms with E-state index in [2.05, 4.69) is 5.32 Å². The molecule has 0 aliphatic rings. The molecule has 0 spiro atoms. The number of carbonyl (C=O) groups excluding carboxylic acids is 4. The smallest absolute Gasteiger partial charge is 0.338 e. The van der Waals surface area contributed by atoms with Crippen LogP contribution in [-0.2, 0) is 20.7 Å². The Bertz CT molecular complexity index is 861. The summed E-state index contributed by atoms with van der Waals surface area (Å²) < 4.78 is 4.97. The van der Waals surface area contributed by atoms with Crippen LogP contribution in [0.1, 0.15) is 33.2 Å². The Morgan fingerprint density at radius 2 is 1.75 bits per heavy atom. The van der Waals surface area contributed by atoms with Crippen molar-refractivity contribution in [1.82, 2.24) is 4.90 Å². The third-order valence-corrected chi connectivity index (χ3v) is 4.09. The lowest BCUT2D eigenvalue weighted by Gasteiger charge is -2.17. The van der Waals surface area contributed by atoms with Gasteiger partial charge in [-0.25, -0.2) is 4.79 Å². The maximum Gasteiger partial charge on any atom is 0.338 e. The zero-order chi connectivity index (χ0) is 20.5. The van der Waals surface area contributed by atoms with Crippen LogP contribution in [0.25, 0.3) is 0 Å². The van der Waals surface area contributed by atoms with Crippen LogP contribution >= 0.6 is 0 Å². The van der Waals surface area contributed by atoms with Crippen molar-refractivity contribution >= 4 is 29.8 Å². The second-order valence-electron chi connectivity index (χ2n) is 6.12. The van der Waals surface area contributed by atoms with Gasteiger partial charge in [0.25, 0.3) is 5.91 Å². The number of aryl methyl sites for hydroxylation is 1. The Labute approximate surface area is 163 Å². The number of benzene rings is 2. The average molecular weight is 382 g/mol. The fourth-order valence-corrected chi connectivity index (χ4v) is 2.46. The molecule has 0 fully saturated rings. The lowest BCUT2D eigenvalue weighted by atomic mass is 10.1. The molecule has 0 radical (unpaired) electrons. The molecule has 2 aromatic rings. The normalized spacial score (nSPS) is 10.1. The third kappa shape index (κ3) is 5.77. The summed E-state index contributed by atoms with van der Waals surface area (Å²) >= 11 is 0. The first kappa shape index (κ1) is 20.8. The summed E-state index contributed by atoms with van der Waals surface area (Å²) in [5.74, 6) is -1.52. The van der Waals surface area contributed by atoms with Crippen molar-refractivity contribution in [2.45, 2.75) is 13.3 Å². The van der Waals surface area contributed by atoms with Crippen LogP contribution in [0.3, 0.4) is 0 Å². The molecular weight excluding hydrogens is 360 g/mol. The van der Waals surface area contributed by atoms with E-state index in [1.807, 2.05) is 25.1 Å². The summed E-state index contributed by atoms with van der Waals surface area (Å²) in [4.78, 5) is 48.0. The number of ether oxygens (including phenoxy) is 1. The van der Waals surface area contributed by atoms with Gasteiger partial charge >= 0.3 is 5.97 Å². The molecule has 0 aliphatic carbocycles. The van der Waals surface area contributed by atoms with E-state index in [9.17, 15) is 19.2 Å². The molecule has 0 unspecified atom stereocenters. The van der Waals surface area contributed by atoms with Gasteiger partial charge in [0.05, 0.1) is 12.1 Å². The molecule has 2 amide bonds. The van der Waals surface area contributed by atoms with E-state index >= 15 is 0 Å². The van der Waals surface area contributed by atoms with Gasteiger partial charge in [-0.3, -0.25) is 14.4 Å². The maximum absolute atomic E-state index is 12.2. The number of nitrogens with one attached hydrogen (secondary N) is 1. The van der Waals surface area contributed by atoms with Crippen LogP contribution in [0.15, 0.2) is 48.5 Å². The van der Waals surface area contributed by atoms with Crippen LogP contribution in [0.4, 0.5) is 5.69 Å². The van der Waals surface area contributed by atoms with Gasteiger partial charge in [0.15, 0.2) is 6.61 Å². The summed E-state index contributed by atoms with van der Waals surface area (Å²) in [6.07, 6.45) is 1.44. The van der Waals surface area contributed by atoms with Crippen molar-refractivity contribution in [3.8, 4) is 0 Å². The number of para-hydroxylation sites is 1. The predicted octanol–water partition coefficient (Wildman–Crippen LogP) is 2.32. The summed E-state index contributed by atoms with van der Waals surface area (Å²) in [5, 5.41) is 2.78. The van der Waals surface area contributed by atoms with E-state index < -0.39 is 18.5 Å². The van der Waals surface area contributed by atoms with E-state index in [0.717, 1.165) is 12.0 Å². The van der Waals surface area contributed by atoms with Crippen LogP contribution in [0.5, 0.6) is 0 Å². The number of likely N-dealkylation sites (N-methyl/N-ethyl adjacent to an activating group) is 1. The molecule has 0 aliphatic heterocycles. The second-order valence-corrected chi connectivity index (χ2v) is 6.12. The Morgan fingerprint density at radius 3 is 2.39 bits per heavy atom. The molecule has 2 rings (SSSR count). The molecule has 7 heteroatoms. The van der Waals surface area contributed by atoms with Crippen molar-refractivity contribution in [3.63, 3.8) is 0 Å². The van der Waals surface area contributed by atoms with Gasteiger partial charge in [0, 0.05) is 18.3 Å². The number of esters is 1. The van der Waals surface area contributed by atoms with E-state index in [4.69, 9.17) is 4.74 Å². The van der Waals surface area contributed by atoms with Gasteiger partial charge in [-0.05, 0) is 30.2 Å². The number of carbonyl (C=O) groups is 4. The zero-order valence-electron chi connectivity index (χ0n) is 15.8. The van der Waals surface area contributed by atoms with Gasteiger partial charge in [-0.2, -0.15) is 0 Å². The SMILES string of the molecule is CCc1ccccc1NC(=O)CN(C)C(=O)COC(=O)c1ccc(C=O)cc1. The van der Waals surface area contributed by atoms with Crippen molar-refractivity contribution < 1.29 is 23.9 Å². The Morgan fingerprint density at radius 1 is 1.07 bits per heavy atom. The van der Waals surface area contributed by atoms with Crippen LogP contribution in [-0.4, -0.2) is 49.2 Å². The molecule has 0 saturated carbocycles.